The molecule has 24 heavy (non-hydrogen) atoms. The van der Waals surface area contributed by atoms with Gasteiger partial charge in [0.15, 0.2) is 0 Å². The molecule has 0 saturated carbocycles. The number of para-hydroxylation sites is 1. The van der Waals surface area contributed by atoms with E-state index in [0.29, 0.717) is 5.69 Å². The van der Waals surface area contributed by atoms with E-state index in [2.05, 4.69) is 4.90 Å². The third-order valence-electron chi connectivity index (χ3n) is 4.90. The maximum Gasteiger partial charge on any atom is 0.246 e. The molecule has 0 N–H and O–H groups in total. The average Bonchev–Trinajstić information content (AvgIpc) is 3.18. The summed E-state index contributed by atoms with van der Waals surface area (Å²) in [5.74, 6) is 0.532. The molecule has 2 aliphatic rings. The predicted octanol–water partition coefficient (Wildman–Crippen LogP) is 3.34. The number of carbonyl (C=O) groups excluding carboxylic acids is 1. The Morgan fingerprint density at radius 1 is 1.12 bits per heavy atom. The molecule has 124 valence electrons. The molecular weight excluding hydrogens is 307 g/mol. The first-order valence-electron chi connectivity index (χ1n) is 8.18. The molecule has 4 rings (SSSR count). The molecule has 0 radical (unpaired) electrons. The number of hydrogen-bond donors (Lipinski definition) is 0. The Hall–Kier alpha value is -2.40. The summed E-state index contributed by atoms with van der Waals surface area (Å²) in [6.45, 7) is 0.872. The van der Waals surface area contributed by atoms with Crippen molar-refractivity contribution in [3.05, 3.63) is 59.9 Å². The van der Waals surface area contributed by atoms with Gasteiger partial charge < -0.3 is 4.74 Å². The largest absolute Gasteiger partial charge is 0.496 e. The Morgan fingerprint density at radius 2 is 1.88 bits per heavy atom. The van der Waals surface area contributed by atoms with Crippen molar-refractivity contribution in [2.45, 2.75) is 25.0 Å². The van der Waals surface area contributed by atoms with Crippen LogP contribution in [0.2, 0.25) is 0 Å². The van der Waals surface area contributed by atoms with Crippen molar-refractivity contribution in [1.29, 1.82) is 0 Å². The van der Waals surface area contributed by atoms with Crippen molar-refractivity contribution in [3.63, 3.8) is 0 Å². The molecule has 2 atom stereocenters. The predicted molar refractivity (Wildman–Crippen MR) is 89.3 cm³/mol. The SMILES string of the molecule is COc1ccccc1[C@H]1N(c2ccc(F)cc2)C(=O)[C@@H]2CCCN21. The van der Waals surface area contributed by atoms with Gasteiger partial charge in [-0.2, -0.15) is 0 Å². The third kappa shape index (κ3) is 2.27. The van der Waals surface area contributed by atoms with Gasteiger partial charge >= 0.3 is 0 Å². The van der Waals surface area contributed by atoms with Crippen LogP contribution in [0.15, 0.2) is 48.5 Å². The van der Waals surface area contributed by atoms with Gasteiger partial charge in [-0.3, -0.25) is 14.6 Å². The number of nitrogens with zero attached hydrogens (tertiary/aromatic N) is 2. The minimum atomic E-state index is -0.306. The number of carbonyl (C=O) groups is 1. The van der Waals surface area contributed by atoms with Crippen molar-refractivity contribution >= 4 is 11.6 Å². The molecule has 2 fully saturated rings. The molecule has 0 bridgehead atoms. The number of halogens is 1. The minimum absolute atomic E-state index is 0.0787. The number of benzene rings is 2. The summed E-state index contributed by atoms with van der Waals surface area (Å²) in [6, 6.07) is 13.8. The Balaban J connectivity index is 1.83. The van der Waals surface area contributed by atoms with Crippen LogP contribution in [0.25, 0.3) is 0 Å². The van der Waals surface area contributed by atoms with Crippen molar-refractivity contribution in [2.75, 3.05) is 18.6 Å². The molecule has 2 aromatic rings. The van der Waals surface area contributed by atoms with Gasteiger partial charge in [-0.15, -0.1) is 0 Å². The molecule has 5 heteroatoms. The van der Waals surface area contributed by atoms with Gasteiger partial charge in [-0.1, -0.05) is 18.2 Å². The molecule has 2 heterocycles. The van der Waals surface area contributed by atoms with E-state index in [1.54, 1.807) is 24.1 Å². The summed E-state index contributed by atoms with van der Waals surface area (Å²) >= 11 is 0. The van der Waals surface area contributed by atoms with Crippen LogP contribution in [0.3, 0.4) is 0 Å². The van der Waals surface area contributed by atoms with Crippen LogP contribution in [0, 0.1) is 5.82 Å². The van der Waals surface area contributed by atoms with E-state index in [4.69, 9.17) is 4.74 Å². The second-order valence-corrected chi connectivity index (χ2v) is 6.20. The molecule has 4 nitrogen and oxygen atoms in total. The summed E-state index contributed by atoms with van der Waals surface area (Å²) in [6.07, 6.45) is 1.66. The number of amides is 1. The Bertz CT molecular complexity index is 762. The van der Waals surface area contributed by atoms with Crippen molar-refractivity contribution < 1.29 is 13.9 Å². The highest BCUT2D eigenvalue weighted by Crippen LogP contribution is 2.44. The lowest BCUT2D eigenvalue weighted by Gasteiger charge is -2.30. The Kier molecular flexibility index (Phi) is 3.73. The standard InChI is InChI=1S/C19H19FN2O2/c1-24-17-7-3-2-5-15(17)18-21-12-4-6-16(21)19(23)22(18)14-10-8-13(20)9-11-14/h2-3,5,7-11,16,18H,4,6,12H2,1H3/t16-,18+/m0/s1. The highest BCUT2D eigenvalue weighted by molar-refractivity contribution is 6.00. The second kappa shape index (κ2) is 5.91. The first-order chi connectivity index (χ1) is 11.7. The smallest absolute Gasteiger partial charge is 0.246 e. The first-order valence-corrected chi connectivity index (χ1v) is 8.18. The van der Waals surface area contributed by atoms with Gasteiger partial charge in [-0.05, 0) is 43.2 Å². The number of anilines is 1. The van der Waals surface area contributed by atoms with E-state index < -0.39 is 0 Å². The lowest BCUT2D eigenvalue weighted by atomic mass is 10.1. The fourth-order valence-electron chi connectivity index (χ4n) is 3.84. The van der Waals surface area contributed by atoms with E-state index >= 15 is 0 Å². The van der Waals surface area contributed by atoms with Gasteiger partial charge in [0.25, 0.3) is 0 Å². The van der Waals surface area contributed by atoms with E-state index in [9.17, 15) is 9.18 Å². The van der Waals surface area contributed by atoms with E-state index in [0.717, 1.165) is 30.7 Å². The van der Waals surface area contributed by atoms with Crippen LogP contribution < -0.4 is 9.64 Å². The van der Waals surface area contributed by atoms with Crippen LogP contribution in [-0.4, -0.2) is 30.5 Å². The molecule has 1 amide bonds. The molecule has 0 spiro atoms. The zero-order valence-corrected chi connectivity index (χ0v) is 13.5. The van der Waals surface area contributed by atoms with Gasteiger partial charge in [0.2, 0.25) is 5.91 Å². The van der Waals surface area contributed by atoms with E-state index in [1.807, 2.05) is 24.3 Å². The zero-order chi connectivity index (χ0) is 16.7. The van der Waals surface area contributed by atoms with Gasteiger partial charge in [0.05, 0.1) is 13.2 Å². The molecular formula is C19H19FN2O2. The minimum Gasteiger partial charge on any atom is -0.496 e. The summed E-state index contributed by atoms with van der Waals surface area (Å²) in [5, 5.41) is 0. The maximum atomic E-state index is 13.3. The quantitative estimate of drug-likeness (QED) is 0.867. The summed E-state index contributed by atoms with van der Waals surface area (Å²) in [4.78, 5) is 17.0. The van der Waals surface area contributed by atoms with E-state index in [-0.39, 0.29) is 23.9 Å². The van der Waals surface area contributed by atoms with Crippen molar-refractivity contribution in [2.24, 2.45) is 0 Å². The molecule has 0 aromatic heterocycles. The summed E-state index contributed by atoms with van der Waals surface area (Å²) < 4.78 is 18.8. The normalized spacial score (nSPS) is 23.6. The number of ether oxygens (including phenoxy) is 1. The molecule has 2 aliphatic heterocycles. The van der Waals surface area contributed by atoms with Gasteiger partial charge in [0, 0.05) is 17.8 Å². The van der Waals surface area contributed by atoms with Crippen LogP contribution in [0.5, 0.6) is 5.75 Å². The number of rotatable bonds is 3. The van der Waals surface area contributed by atoms with Crippen molar-refractivity contribution in [1.82, 2.24) is 4.90 Å². The van der Waals surface area contributed by atoms with E-state index in [1.165, 1.54) is 12.1 Å². The topological polar surface area (TPSA) is 32.8 Å². The highest BCUT2D eigenvalue weighted by atomic mass is 19.1. The molecule has 2 aromatic carbocycles. The number of hydrogen-bond acceptors (Lipinski definition) is 3. The third-order valence-corrected chi connectivity index (χ3v) is 4.90. The lowest BCUT2D eigenvalue weighted by Crippen LogP contribution is -2.32. The second-order valence-electron chi connectivity index (χ2n) is 6.20. The molecule has 0 aliphatic carbocycles. The average molecular weight is 326 g/mol. The monoisotopic (exact) mass is 326 g/mol. The van der Waals surface area contributed by atoms with Crippen LogP contribution >= 0.6 is 0 Å². The Labute approximate surface area is 140 Å². The molecule has 2 saturated heterocycles. The highest BCUT2D eigenvalue weighted by Gasteiger charge is 2.50. The number of methoxy groups -OCH3 is 1. The van der Waals surface area contributed by atoms with Crippen LogP contribution in [0.4, 0.5) is 10.1 Å². The van der Waals surface area contributed by atoms with Crippen LogP contribution in [-0.2, 0) is 4.79 Å². The maximum absolute atomic E-state index is 13.3. The zero-order valence-electron chi connectivity index (χ0n) is 13.5. The summed E-state index contributed by atoms with van der Waals surface area (Å²) in [7, 11) is 1.64. The first kappa shape index (κ1) is 15.1. The number of fused-ring (bicyclic) bond motifs is 1. The van der Waals surface area contributed by atoms with Gasteiger partial charge in [0.1, 0.15) is 17.7 Å². The Morgan fingerprint density at radius 3 is 2.62 bits per heavy atom. The van der Waals surface area contributed by atoms with Crippen LogP contribution in [0.1, 0.15) is 24.6 Å². The lowest BCUT2D eigenvalue weighted by molar-refractivity contribution is -0.119. The molecule has 0 unspecified atom stereocenters. The fraction of sp³-hybridized carbons (Fsp3) is 0.316. The fourth-order valence-corrected chi connectivity index (χ4v) is 3.84. The summed E-state index contributed by atoms with van der Waals surface area (Å²) in [5.41, 5.74) is 1.67. The van der Waals surface area contributed by atoms with Gasteiger partial charge in [-0.25, -0.2) is 4.39 Å². The van der Waals surface area contributed by atoms with Crippen molar-refractivity contribution in [3.8, 4) is 5.75 Å².